The SMILES string of the molecule is COc1ccc([C@H](OC(=O)Nc2cccc3ccccc23)[C@H](C)CCO)cc1O. The number of amides is 1. The number of hydrogen-bond donors (Lipinski definition) is 3. The molecule has 2 atom stereocenters. The first-order valence-electron chi connectivity index (χ1n) is 9.46. The average Bonchev–Trinajstić information content (AvgIpc) is 2.72. The summed E-state index contributed by atoms with van der Waals surface area (Å²) in [4.78, 5) is 12.7. The zero-order chi connectivity index (χ0) is 20.8. The van der Waals surface area contributed by atoms with Gasteiger partial charge in [0.15, 0.2) is 11.5 Å². The van der Waals surface area contributed by atoms with Gasteiger partial charge in [-0.3, -0.25) is 5.32 Å². The number of phenols is 1. The fourth-order valence-corrected chi connectivity index (χ4v) is 3.34. The van der Waals surface area contributed by atoms with E-state index in [-0.39, 0.29) is 18.3 Å². The molecule has 3 aromatic rings. The van der Waals surface area contributed by atoms with E-state index in [9.17, 15) is 15.0 Å². The van der Waals surface area contributed by atoms with Gasteiger partial charge in [0.1, 0.15) is 6.10 Å². The molecule has 0 saturated carbocycles. The maximum atomic E-state index is 12.7. The number of nitrogens with one attached hydrogen (secondary N) is 1. The maximum absolute atomic E-state index is 12.7. The molecule has 0 aliphatic carbocycles. The molecular formula is C23H25NO5. The quantitative estimate of drug-likeness (QED) is 0.532. The van der Waals surface area contributed by atoms with Crippen LogP contribution in [0, 0.1) is 5.92 Å². The van der Waals surface area contributed by atoms with Crippen molar-refractivity contribution in [1.29, 1.82) is 0 Å². The number of aliphatic hydroxyl groups excluding tert-OH is 1. The molecule has 6 nitrogen and oxygen atoms in total. The highest BCUT2D eigenvalue weighted by molar-refractivity contribution is 6.00. The van der Waals surface area contributed by atoms with Crippen LogP contribution in [0.1, 0.15) is 25.0 Å². The van der Waals surface area contributed by atoms with Crippen molar-refractivity contribution in [1.82, 2.24) is 0 Å². The molecule has 6 heteroatoms. The number of benzene rings is 3. The third kappa shape index (κ3) is 4.78. The number of ether oxygens (including phenoxy) is 2. The highest BCUT2D eigenvalue weighted by Crippen LogP contribution is 2.35. The summed E-state index contributed by atoms with van der Waals surface area (Å²) in [5.74, 6) is 0.137. The summed E-state index contributed by atoms with van der Waals surface area (Å²) in [5, 5.41) is 24.2. The van der Waals surface area contributed by atoms with Crippen LogP contribution in [-0.2, 0) is 4.74 Å². The molecule has 3 aromatic carbocycles. The van der Waals surface area contributed by atoms with E-state index in [0.717, 1.165) is 10.8 Å². The zero-order valence-electron chi connectivity index (χ0n) is 16.5. The van der Waals surface area contributed by atoms with E-state index in [1.807, 2.05) is 49.4 Å². The lowest BCUT2D eigenvalue weighted by molar-refractivity contribution is 0.0666. The number of anilines is 1. The van der Waals surface area contributed by atoms with E-state index >= 15 is 0 Å². The van der Waals surface area contributed by atoms with Gasteiger partial charge in [-0.1, -0.05) is 49.4 Å². The predicted octanol–water partition coefficient (Wildman–Crippen LogP) is 4.86. The molecule has 0 saturated heterocycles. The lowest BCUT2D eigenvalue weighted by atomic mass is 9.94. The highest BCUT2D eigenvalue weighted by atomic mass is 16.6. The van der Waals surface area contributed by atoms with Crippen molar-refractivity contribution in [2.75, 3.05) is 19.0 Å². The average molecular weight is 395 g/mol. The molecule has 0 fully saturated rings. The lowest BCUT2D eigenvalue weighted by Gasteiger charge is -2.25. The van der Waals surface area contributed by atoms with Gasteiger partial charge in [-0.25, -0.2) is 4.79 Å². The summed E-state index contributed by atoms with van der Waals surface area (Å²) in [6.45, 7) is 1.85. The van der Waals surface area contributed by atoms with E-state index in [1.165, 1.54) is 13.2 Å². The number of aromatic hydroxyl groups is 1. The molecule has 152 valence electrons. The molecule has 0 aromatic heterocycles. The van der Waals surface area contributed by atoms with Crippen LogP contribution < -0.4 is 10.1 Å². The summed E-state index contributed by atoms with van der Waals surface area (Å²) in [6.07, 6.45) is -0.806. The van der Waals surface area contributed by atoms with Crippen LogP contribution in [0.4, 0.5) is 10.5 Å². The van der Waals surface area contributed by atoms with Gasteiger partial charge in [0.05, 0.1) is 12.8 Å². The minimum Gasteiger partial charge on any atom is -0.504 e. The molecule has 0 bridgehead atoms. The van der Waals surface area contributed by atoms with E-state index in [4.69, 9.17) is 9.47 Å². The smallest absolute Gasteiger partial charge is 0.412 e. The Hall–Kier alpha value is -3.25. The second-order valence-corrected chi connectivity index (χ2v) is 6.90. The van der Waals surface area contributed by atoms with Gasteiger partial charge in [-0.15, -0.1) is 0 Å². The monoisotopic (exact) mass is 395 g/mol. The molecule has 3 rings (SSSR count). The van der Waals surface area contributed by atoms with Gasteiger partial charge >= 0.3 is 6.09 Å². The lowest BCUT2D eigenvalue weighted by Crippen LogP contribution is -2.22. The Bertz CT molecular complexity index is 983. The Morgan fingerprint density at radius 2 is 1.86 bits per heavy atom. The molecule has 0 aliphatic heterocycles. The fraction of sp³-hybridized carbons (Fsp3) is 0.261. The number of methoxy groups -OCH3 is 1. The molecule has 0 spiro atoms. The summed E-state index contributed by atoms with van der Waals surface area (Å²) >= 11 is 0. The second-order valence-electron chi connectivity index (χ2n) is 6.90. The molecule has 0 unspecified atom stereocenters. The van der Waals surface area contributed by atoms with Crippen LogP contribution in [0.25, 0.3) is 10.8 Å². The van der Waals surface area contributed by atoms with Crippen LogP contribution in [0.3, 0.4) is 0 Å². The number of aliphatic hydroxyl groups is 1. The number of carbonyl (C=O) groups is 1. The molecule has 3 N–H and O–H groups in total. The maximum Gasteiger partial charge on any atom is 0.412 e. The summed E-state index contributed by atoms with van der Waals surface area (Å²) in [5.41, 5.74) is 1.27. The topological polar surface area (TPSA) is 88.0 Å². The van der Waals surface area contributed by atoms with Crippen molar-refractivity contribution in [3.05, 3.63) is 66.2 Å². The number of carbonyl (C=O) groups excluding carboxylic acids is 1. The Kier molecular flexibility index (Phi) is 6.57. The van der Waals surface area contributed by atoms with Crippen molar-refractivity contribution < 1.29 is 24.5 Å². The zero-order valence-corrected chi connectivity index (χ0v) is 16.5. The van der Waals surface area contributed by atoms with Crippen LogP contribution in [0.15, 0.2) is 60.7 Å². The fourth-order valence-electron chi connectivity index (χ4n) is 3.34. The third-order valence-electron chi connectivity index (χ3n) is 4.89. The predicted molar refractivity (Wildman–Crippen MR) is 112 cm³/mol. The highest BCUT2D eigenvalue weighted by Gasteiger charge is 2.25. The first-order valence-corrected chi connectivity index (χ1v) is 9.46. The second kappa shape index (κ2) is 9.30. The first kappa shape index (κ1) is 20.5. The largest absolute Gasteiger partial charge is 0.504 e. The van der Waals surface area contributed by atoms with Gasteiger partial charge in [0.2, 0.25) is 0 Å². The normalized spacial score (nSPS) is 12.9. The number of rotatable bonds is 7. The standard InChI is InChI=1S/C23H25NO5/c1-15(12-13-25)22(17-10-11-21(28-2)20(26)14-17)29-23(27)24-19-9-5-7-16-6-3-4-8-18(16)19/h3-11,14-15,22,25-26H,12-13H2,1-2H3,(H,24,27)/t15-,22-/m1/s1. The van der Waals surface area contributed by atoms with Crippen LogP contribution >= 0.6 is 0 Å². The summed E-state index contributed by atoms with van der Waals surface area (Å²) in [7, 11) is 1.47. The minimum absolute atomic E-state index is 0.0336. The number of phenolic OH excluding ortho intramolecular Hbond substituents is 1. The minimum atomic E-state index is -0.645. The van der Waals surface area contributed by atoms with Crippen molar-refractivity contribution in [2.24, 2.45) is 5.92 Å². The van der Waals surface area contributed by atoms with Gasteiger partial charge in [0.25, 0.3) is 0 Å². The summed E-state index contributed by atoms with van der Waals surface area (Å²) in [6, 6.07) is 18.3. The molecule has 1 amide bonds. The van der Waals surface area contributed by atoms with Crippen molar-refractivity contribution >= 4 is 22.6 Å². The Morgan fingerprint density at radius 1 is 1.10 bits per heavy atom. The van der Waals surface area contributed by atoms with Crippen LogP contribution in [0.2, 0.25) is 0 Å². The van der Waals surface area contributed by atoms with E-state index < -0.39 is 12.2 Å². The van der Waals surface area contributed by atoms with Crippen molar-refractivity contribution in [3.8, 4) is 11.5 Å². The Morgan fingerprint density at radius 3 is 2.59 bits per heavy atom. The summed E-state index contributed by atoms with van der Waals surface area (Å²) < 4.78 is 10.8. The van der Waals surface area contributed by atoms with Gasteiger partial charge in [-0.2, -0.15) is 0 Å². The third-order valence-corrected chi connectivity index (χ3v) is 4.89. The Balaban J connectivity index is 1.83. The molecule has 0 heterocycles. The van der Waals surface area contributed by atoms with E-state index in [0.29, 0.717) is 23.4 Å². The van der Waals surface area contributed by atoms with Gasteiger partial charge in [0, 0.05) is 12.0 Å². The molecule has 0 radical (unpaired) electrons. The van der Waals surface area contributed by atoms with Gasteiger partial charge in [-0.05, 0) is 41.5 Å². The Labute approximate surface area is 169 Å². The van der Waals surface area contributed by atoms with E-state index in [2.05, 4.69) is 5.32 Å². The first-order chi connectivity index (χ1) is 14.0. The molecule has 0 aliphatic rings. The van der Waals surface area contributed by atoms with Crippen LogP contribution in [-0.4, -0.2) is 30.0 Å². The van der Waals surface area contributed by atoms with Crippen LogP contribution in [0.5, 0.6) is 11.5 Å². The number of fused-ring (bicyclic) bond motifs is 1. The van der Waals surface area contributed by atoms with Crippen molar-refractivity contribution in [3.63, 3.8) is 0 Å². The number of hydrogen-bond acceptors (Lipinski definition) is 5. The molecular weight excluding hydrogens is 370 g/mol. The molecule has 29 heavy (non-hydrogen) atoms. The van der Waals surface area contributed by atoms with Crippen molar-refractivity contribution in [2.45, 2.75) is 19.4 Å². The van der Waals surface area contributed by atoms with E-state index in [1.54, 1.807) is 12.1 Å². The van der Waals surface area contributed by atoms with Gasteiger partial charge < -0.3 is 19.7 Å².